The molecule has 0 saturated heterocycles. The largest absolute Gasteiger partial charge is 0.496 e. The molecule has 0 spiro atoms. The second kappa shape index (κ2) is 9.25. The summed E-state index contributed by atoms with van der Waals surface area (Å²) in [5, 5.41) is 17.4. The smallest absolute Gasteiger partial charge is 0.244 e. The van der Waals surface area contributed by atoms with Crippen LogP contribution in [0.3, 0.4) is 0 Å². The lowest BCUT2D eigenvalue weighted by atomic mass is 9.82. The van der Waals surface area contributed by atoms with E-state index in [0.717, 1.165) is 56.1 Å². The van der Waals surface area contributed by atoms with Crippen LogP contribution in [0.1, 0.15) is 22.6 Å². The zero-order chi connectivity index (χ0) is 22.8. The first kappa shape index (κ1) is 21.5. The Morgan fingerprint density at radius 2 is 2.15 bits per heavy atom. The number of methoxy groups -OCH3 is 1. The Morgan fingerprint density at radius 1 is 1.30 bits per heavy atom. The SMILES string of the molecule is COc1ccc(C2C(C#N)=C(N)Oc3n[nH]c(-c4ccccc4)c32)cc1CSC1=NCCS1. The molecular weight excluding hydrogens is 454 g/mol. The van der Waals surface area contributed by atoms with Crippen LogP contribution in [0.25, 0.3) is 11.3 Å². The Kier molecular flexibility index (Phi) is 6.03. The molecule has 0 aliphatic carbocycles. The highest BCUT2D eigenvalue weighted by Gasteiger charge is 2.36. The molecule has 33 heavy (non-hydrogen) atoms. The third kappa shape index (κ3) is 4.08. The fourth-order valence-electron chi connectivity index (χ4n) is 4.04. The summed E-state index contributed by atoms with van der Waals surface area (Å²) in [5.74, 6) is 2.59. The monoisotopic (exact) mass is 475 g/mol. The predicted molar refractivity (Wildman–Crippen MR) is 132 cm³/mol. The molecule has 3 heterocycles. The molecule has 7 nitrogen and oxygen atoms in total. The number of benzene rings is 2. The number of nitrogens with zero attached hydrogens (tertiary/aromatic N) is 3. The van der Waals surface area contributed by atoms with Crippen molar-refractivity contribution in [2.45, 2.75) is 11.7 Å². The van der Waals surface area contributed by atoms with Crippen molar-refractivity contribution in [3.63, 3.8) is 0 Å². The number of thioether (sulfide) groups is 2. The average Bonchev–Trinajstić information content (AvgIpc) is 3.52. The minimum atomic E-state index is -0.416. The molecule has 1 atom stereocenters. The standard InChI is InChI=1S/C24H21N5O2S2/c1-30-18-8-7-15(11-16(18)13-33-24-27-9-10-32-24)19-17(12-25)22(26)31-23-20(19)21(28-29-23)14-5-3-2-4-6-14/h2-8,11,19H,9-10,13,26H2,1H3,(H,28,29). The van der Waals surface area contributed by atoms with Crippen LogP contribution in [0.2, 0.25) is 0 Å². The molecule has 0 radical (unpaired) electrons. The number of aromatic nitrogens is 2. The number of fused-ring (bicyclic) bond motifs is 1. The summed E-state index contributed by atoms with van der Waals surface area (Å²) in [7, 11) is 1.67. The molecule has 9 heteroatoms. The Balaban J connectivity index is 1.60. The van der Waals surface area contributed by atoms with Crippen LogP contribution in [0.5, 0.6) is 11.6 Å². The molecule has 1 aromatic heterocycles. The van der Waals surface area contributed by atoms with Gasteiger partial charge < -0.3 is 15.2 Å². The zero-order valence-corrected chi connectivity index (χ0v) is 19.5. The molecule has 166 valence electrons. The van der Waals surface area contributed by atoms with E-state index in [2.05, 4.69) is 27.3 Å². The van der Waals surface area contributed by atoms with Gasteiger partial charge in [-0.2, -0.15) is 5.26 Å². The first-order valence-corrected chi connectivity index (χ1v) is 12.3. The van der Waals surface area contributed by atoms with Crippen molar-refractivity contribution >= 4 is 27.9 Å². The van der Waals surface area contributed by atoms with Crippen molar-refractivity contribution in [3.05, 3.63) is 76.7 Å². The highest BCUT2D eigenvalue weighted by atomic mass is 32.2. The first-order chi connectivity index (χ1) is 16.2. The fraction of sp³-hybridized carbons (Fsp3) is 0.208. The van der Waals surface area contributed by atoms with Gasteiger partial charge >= 0.3 is 0 Å². The fourth-order valence-corrected chi connectivity index (χ4v) is 6.02. The van der Waals surface area contributed by atoms with E-state index >= 15 is 0 Å². The van der Waals surface area contributed by atoms with Crippen molar-refractivity contribution < 1.29 is 9.47 Å². The molecule has 3 aromatic rings. The van der Waals surface area contributed by atoms with Gasteiger partial charge in [-0.3, -0.25) is 10.1 Å². The van der Waals surface area contributed by atoms with Crippen LogP contribution in [0.15, 0.2) is 65.0 Å². The molecule has 2 aromatic carbocycles. The number of nitrogens with two attached hydrogens (primary N) is 1. The van der Waals surface area contributed by atoms with Gasteiger partial charge in [-0.25, -0.2) is 0 Å². The van der Waals surface area contributed by atoms with Crippen LogP contribution < -0.4 is 15.2 Å². The molecule has 3 N–H and O–H groups in total. The van der Waals surface area contributed by atoms with E-state index in [1.807, 2.05) is 42.5 Å². The Bertz CT molecular complexity index is 1290. The molecule has 0 amide bonds. The van der Waals surface area contributed by atoms with Crippen molar-refractivity contribution in [2.75, 3.05) is 19.4 Å². The number of nitriles is 1. The van der Waals surface area contributed by atoms with Gasteiger partial charge in [0.2, 0.25) is 11.8 Å². The highest BCUT2D eigenvalue weighted by molar-refractivity contribution is 8.38. The first-order valence-electron chi connectivity index (χ1n) is 10.4. The van der Waals surface area contributed by atoms with Crippen LogP contribution in [0, 0.1) is 11.3 Å². The normalized spacial score (nSPS) is 17.2. The number of hydrogen-bond acceptors (Lipinski definition) is 8. The predicted octanol–water partition coefficient (Wildman–Crippen LogP) is 4.64. The number of aromatic amines is 1. The summed E-state index contributed by atoms with van der Waals surface area (Å²) >= 11 is 3.48. The summed E-state index contributed by atoms with van der Waals surface area (Å²) in [5.41, 5.74) is 11.0. The maximum atomic E-state index is 9.99. The van der Waals surface area contributed by atoms with Crippen LogP contribution in [-0.2, 0) is 5.75 Å². The molecule has 1 unspecified atom stereocenters. The lowest BCUT2D eigenvalue weighted by Crippen LogP contribution is -2.21. The van der Waals surface area contributed by atoms with E-state index in [4.69, 9.17) is 15.2 Å². The highest BCUT2D eigenvalue weighted by Crippen LogP contribution is 2.46. The number of rotatable bonds is 5. The topological polar surface area (TPSA) is 109 Å². The van der Waals surface area contributed by atoms with E-state index in [1.165, 1.54) is 0 Å². The summed E-state index contributed by atoms with van der Waals surface area (Å²) in [6, 6.07) is 18.1. The van der Waals surface area contributed by atoms with E-state index in [1.54, 1.807) is 30.6 Å². The van der Waals surface area contributed by atoms with E-state index in [-0.39, 0.29) is 5.88 Å². The summed E-state index contributed by atoms with van der Waals surface area (Å²) in [6.45, 7) is 0.868. The maximum Gasteiger partial charge on any atom is 0.244 e. The van der Waals surface area contributed by atoms with Gasteiger partial charge in [-0.15, -0.1) is 5.10 Å². The van der Waals surface area contributed by atoms with Gasteiger partial charge in [-0.1, -0.05) is 66.0 Å². The van der Waals surface area contributed by atoms with Crippen molar-refractivity contribution in [1.29, 1.82) is 5.26 Å². The van der Waals surface area contributed by atoms with Gasteiger partial charge in [-0.05, 0) is 17.2 Å². The lowest BCUT2D eigenvalue weighted by molar-refractivity contribution is 0.379. The van der Waals surface area contributed by atoms with Crippen molar-refractivity contribution in [3.8, 4) is 29.0 Å². The summed E-state index contributed by atoms with van der Waals surface area (Å²) in [4.78, 5) is 4.53. The van der Waals surface area contributed by atoms with Crippen LogP contribution in [0.4, 0.5) is 0 Å². The average molecular weight is 476 g/mol. The summed E-state index contributed by atoms with van der Waals surface area (Å²) < 4.78 is 12.4. The molecule has 2 aliphatic rings. The van der Waals surface area contributed by atoms with E-state index in [9.17, 15) is 5.26 Å². The second-order valence-electron chi connectivity index (χ2n) is 7.46. The molecule has 0 fully saturated rings. The number of H-pyrrole nitrogens is 1. The quantitative estimate of drug-likeness (QED) is 0.553. The van der Waals surface area contributed by atoms with Gasteiger partial charge in [0.15, 0.2) is 0 Å². The van der Waals surface area contributed by atoms with Gasteiger partial charge in [0.05, 0.1) is 30.8 Å². The number of hydrogen-bond donors (Lipinski definition) is 2. The number of aliphatic imine (C=N–C) groups is 1. The third-order valence-corrected chi connectivity index (χ3v) is 7.85. The zero-order valence-electron chi connectivity index (χ0n) is 17.9. The van der Waals surface area contributed by atoms with Gasteiger partial charge in [0.1, 0.15) is 21.8 Å². The number of ether oxygens (including phenoxy) is 2. The van der Waals surface area contributed by atoms with Crippen molar-refractivity contribution in [2.24, 2.45) is 10.7 Å². The Hall–Kier alpha value is -3.35. The molecule has 0 bridgehead atoms. The maximum absolute atomic E-state index is 9.99. The number of nitrogens with one attached hydrogen (secondary N) is 1. The minimum absolute atomic E-state index is 0.0737. The van der Waals surface area contributed by atoms with Gasteiger partial charge in [0, 0.05) is 17.1 Å². The second-order valence-corrected chi connectivity index (χ2v) is 9.77. The van der Waals surface area contributed by atoms with Crippen molar-refractivity contribution in [1.82, 2.24) is 10.2 Å². The lowest BCUT2D eigenvalue weighted by Gasteiger charge is -2.25. The molecular formula is C24H21N5O2S2. The van der Waals surface area contributed by atoms with E-state index in [0.29, 0.717) is 11.5 Å². The molecule has 5 rings (SSSR count). The Labute approximate surface area is 200 Å². The summed E-state index contributed by atoms with van der Waals surface area (Å²) in [6.07, 6.45) is 0. The van der Waals surface area contributed by atoms with Crippen LogP contribution in [-0.4, -0.2) is 34.0 Å². The number of allylic oxidation sites excluding steroid dienone is 1. The van der Waals surface area contributed by atoms with Gasteiger partial charge in [0.25, 0.3) is 0 Å². The third-order valence-electron chi connectivity index (χ3n) is 5.55. The molecule has 2 aliphatic heterocycles. The Morgan fingerprint density at radius 3 is 2.88 bits per heavy atom. The van der Waals surface area contributed by atoms with E-state index < -0.39 is 5.92 Å². The minimum Gasteiger partial charge on any atom is -0.496 e. The van der Waals surface area contributed by atoms with Crippen LogP contribution >= 0.6 is 23.5 Å². The molecule has 0 saturated carbocycles.